The van der Waals surface area contributed by atoms with Gasteiger partial charge >= 0.3 is 12.1 Å². The molecule has 8 heteroatoms. The van der Waals surface area contributed by atoms with E-state index in [0.29, 0.717) is 48.3 Å². The highest BCUT2D eigenvalue weighted by Crippen LogP contribution is 2.29. The number of rotatable bonds is 1. The molecule has 1 aliphatic heterocycles. The molecular formula is C14H17Cl2N3O3. The van der Waals surface area contributed by atoms with E-state index in [-0.39, 0.29) is 12.1 Å². The van der Waals surface area contributed by atoms with Crippen molar-refractivity contribution in [1.29, 1.82) is 0 Å². The van der Waals surface area contributed by atoms with Crippen LogP contribution >= 0.6 is 23.2 Å². The van der Waals surface area contributed by atoms with Gasteiger partial charge in [-0.15, -0.1) is 0 Å². The maximum Gasteiger partial charge on any atom is 0.409 e. The van der Waals surface area contributed by atoms with E-state index >= 15 is 0 Å². The molecule has 0 unspecified atom stereocenters. The number of methoxy groups -OCH3 is 1. The summed E-state index contributed by atoms with van der Waals surface area (Å²) in [5.41, 5.74) is 0.466. The molecule has 6 nitrogen and oxygen atoms in total. The Labute approximate surface area is 138 Å². The first-order chi connectivity index (χ1) is 10.5. The molecule has 1 aromatic rings. The lowest BCUT2D eigenvalue weighted by Gasteiger charge is -2.22. The Morgan fingerprint density at radius 1 is 1.14 bits per heavy atom. The van der Waals surface area contributed by atoms with Gasteiger partial charge in [0.05, 0.1) is 22.8 Å². The Kier molecular flexibility index (Phi) is 5.74. The molecule has 0 atom stereocenters. The zero-order chi connectivity index (χ0) is 16.1. The molecule has 1 fully saturated rings. The highest BCUT2D eigenvalue weighted by molar-refractivity contribution is 6.43. The molecule has 120 valence electrons. The Morgan fingerprint density at radius 3 is 2.55 bits per heavy atom. The normalized spacial score (nSPS) is 15.2. The number of nitrogens with one attached hydrogen (secondary N) is 1. The van der Waals surface area contributed by atoms with Gasteiger partial charge in [-0.2, -0.15) is 0 Å². The summed E-state index contributed by atoms with van der Waals surface area (Å²) in [6.07, 6.45) is 0.311. The average Bonchev–Trinajstić information content (AvgIpc) is 2.77. The van der Waals surface area contributed by atoms with Crippen molar-refractivity contribution in [3.8, 4) is 0 Å². The molecule has 2 rings (SSSR count). The minimum atomic E-state index is -0.375. The molecule has 0 aromatic heterocycles. The Bertz CT molecular complexity index is 568. The molecule has 0 spiro atoms. The monoisotopic (exact) mass is 345 g/mol. The molecular weight excluding hydrogens is 329 g/mol. The fourth-order valence-electron chi connectivity index (χ4n) is 2.23. The number of hydrogen-bond donors (Lipinski definition) is 1. The summed E-state index contributed by atoms with van der Waals surface area (Å²) in [7, 11) is 1.35. The van der Waals surface area contributed by atoms with E-state index in [2.05, 4.69) is 5.32 Å². The van der Waals surface area contributed by atoms with Gasteiger partial charge in [-0.05, 0) is 18.6 Å². The van der Waals surface area contributed by atoms with Gasteiger partial charge in [-0.25, -0.2) is 9.59 Å². The van der Waals surface area contributed by atoms with Crippen LogP contribution in [0.2, 0.25) is 10.0 Å². The fraction of sp³-hybridized carbons (Fsp3) is 0.429. The van der Waals surface area contributed by atoms with Gasteiger partial charge in [0.15, 0.2) is 0 Å². The molecule has 1 aliphatic rings. The maximum atomic E-state index is 12.3. The van der Waals surface area contributed by atoms with E-state index in [9.17, 15) is 9.59 Å². The fourth-order valence-corrected chi connectivity index (χ4v) is 2.57. The number of amides is 3. The summed E-state index contributed by atoms with van der Waals surface area (Å²) in [6.45, 7) is 1.98. The zero-order valence-corrected chi connectivity index (χ0v) is 13.7. The third-order valence-electron chi connectivity index (χ3n) is 3.41. The van der Waals surface area contributed by atoms with Crippen LogP contribution in [-0.4, -0.2) is 55.2 Å². The van der Waals surface area contributed by atoms with E-state index in [0.717, 1.165) is 0 Å². The molecule has 3 amide bonds. The van der Waals surface area contributed by atoms with Gasteiger partial charge in [-0.1, -0.05) is 29.3 Å². The van der Waals surface area contributed by atoms with E-state index in [1.807, 2.05) is 0 Å². The first-order valence-corrected chi connectivity index (χ1v) is 7.61. The van der Waals surface area contributed by atoms with Gasteiger partial charge in [0.1, 0.15) is 0 Å². The lowest BCUT2D eigenvalue weighted by atomic mass is 10.3. The van der Waals surface area contributed by atoms with Gasteiger partial charge in [0.25, 0.3) is 0 Å². The van der Waals surface area contributed by atoms with Gasteiger partial charge in [-0.3, -0.25) is 0 Å². The van der Waals surface area contributed by atoms with Gasteiger partial charge in [0.2, 0.25) is 0 Å². The molecule has 1 saturated heterocycles. The van der Waals surface area contributed by atoms with Gasteiger partial charge in [0, 0.05) is 26.2 Å². The summed E-state index contributed by atoms with van der Waals surface area (Å²) in [6, 6.07) is 4.78. The molecule has 0 radical (unpaired) electrons. The quantitative estimate of drug-likeness (QED) is 0.849. The Morgan fingerprint density at radius 2 is 1.82 bits per heavy atom. The van der Waals surface area contributed by atoms with Crippen LogP contribution in [0.4, 0.5) is 15.3 Å². The van der Waals surface area contributed by atoms with Crippen molar-refractivity contribution in [3.63, 3.8) is 0 Å². The minimum absolute atomic E-state index is 0.268. The van der Waals surface area contributed by atoms with Crippen molar-refractivity contribution < 1.29 is 14.3 Å². The molecule has 1 N–H and O–H groups in total. The van der Waals surface area contributed by atoms with Crippen LogP contribution in [-0.2, 0) is 4.74 Å². The summed E-state index contributed by atoms with van der Waals surface area (Å²) >= 11 is 12.0. The molecule has 1 aromatic carbocycles. The summed E-state index contributed by atoms with van der Waals surface area (Å²) in [5.74, 6) is 0. The van der Waals surface area contributed by atoms with Crippen LogP contribution in [0.15, 0.2) is 18.2 Å². The zero-order valence-electron chi connectivity index (χ0n) is 12.1. The number of anilines is 1. The third-order valence-corrected chi connectivity index (χ3v) is 4.23. The van der Waals surface area contributed by atoms with Crippen molar-refractivity contribution >= 4 is 41.0 Å². The Balaban J connectivity index is 1.98. The minimum Gasteiger partial charge on any atom is -0.453 e. The number of hydrogen-bond acceptors (Lipinski definition) is 3. The summed E-state index contributed by atoms with van der Waals surface area (Å²) < 4.78 is 4.70. The molecule has 1 heterocycles. The predicted molar refractivity (Wildman–Crippen MR) is 85.6 cm³/mol. The molecule has 0 saturated carbocycles. The lowest BCUT2D eigenvalue weighted by Crippen LogP contribution is -2.39. The van der Waals surface area contributed by atoms with Crippen LogP contribution < -0.4 is 5.32 Å². The van der Waals surface area contributed by atoms with Crippen LogP contribution in [0, 0.1) is 0 Å². The average molecular weight is 346 g/mol. The number of halogens is 2. The van der Waals surface area contributed by atoms with Gasteiger partial charge < -0.3 is 19.9 Å². The summed E-state index contributed by atoms with van der Waals surface area (Å²) in [4.78, 5) is 27.1. The second-order valence-electron chi connectivity index (χ2n) is 4.83. The SMILES string of the molecule is COC(=O)N1CCCN(C(=O)Nc2cccc(Cl)c2Cl)CC1. The predicted octanol–water partition coefficient (Wildman–Crippen LogP) is 3.30. The van der Waals surface area contributed by atoms with Crippen LogP contribution in [0.3, 0.4) is 0 Å². The summed E-state index contributed by atoms with van der Waals surface area (Å²) in [5, 5.41) is 3.43. The topological polar surface area (TPSA) is 61.9 Å². The Hall–Kier alpha value is -1.66. The lowest BCUT2D eigenvalue weighted by molar-refractivity contribution is 0.125. The van der Waals surface area contributed by atoms with Crippen LogP contribution in [0.5, 0.6) is 0 Å². The number of benzene rings is 1. The second kappa shape index (κ2) is 7.56. The maximum absolute atomic E-state index is 12.3. The first-order valence-electron chi connectivity index (χ1n) is 6.85. The van der Waals surface area contributed by atoms with Crippen molar-refractivity contribution in [2.45, 2.75) is 6.42 Å². The number of carbonyl (C=O) groups excluding carboxylic acids is 2. The molecule has 22 heavy (non-hydrogen) atoms. The largest absolute Gasteiger partial charge is 0.453 e. The second-order valence-corrected chi connectivity index (χ2v) is 5.61. The van der Waals surface area contributed by atoms with Crippen LogP contribution in [0.25, 0.3) is 0 Å². The third kappa shape index (κ3) is 3.96. The van der Waals surface area contributed by atoms with Crippen molar-refractivity contribution in [2.75, 3.05) is 38.6 Å². The highest BCUT2D eigenvalue weighted by atomic mass is 35.5. The van der Waals surface area contributed by atoms with Crippen LogP contribution in [0.1, 0.15) is 6.42 Å². The number of carbonyl (C=O) groups is 2. The first kappa shape index (κ1) is 16.7. The molecule has 0 bridgehead atoms. The molecule has 0 aliphatic carbocycles. The standard InChI is InChI=1S/C14H17Cl2N3O3/c1-22-14(21)19-7-3-6-18(8-9-19)13(20)17-11-5-2-4-10(15)12(11)16/h2,4-5H,3,6-9H2,1H3,(H,17,20). The van der Waals surface area contributed by atoms with Crippen molar-refractivity contribution in [2.24, 2.45) is 0 Å². The van der Waals surface area contributed by atoms with E-state index in [1.54, 1.807) is 28.0 Å². The smallest absolute Gasteiger partial charge is 0.409 e. The highest BCUT2D eigenvalue weighted by Gasteiger charge is 2.22. The van der Waals surface area contributed by atoms with E-state index in [1.165, 1.54) is 7.11 Å². The number of nitrogens with zero attached hydrogens (tertiary/aromatic N) is 2. The van der Waals surface area contributed by atoms with Crippen molar-refractivity contribution in [1.82, 2.24) is 9.80 Å². The number of ether oxygens (including phenoxy) is 1. The van der Waals surface area contributed by atoms with Crippen molar-refractivity contribution in [3.05, 3.63) is 28.2 Å². The number of urea groups is 1. The van der Waals surface area contributed by atoms with E-state index < -0.39 is 0 Å². The van der Waals surface area contributed by atoms with E-state index in [4.69, 9.17) is 27.9 Å².